The van der Waals surface area contributed by atoms with Crippen molar-refractivity contribution in [3.8, 4) is 17.5 Å². The van der Waals surface area contributed by atoms with E-state index in [0.717, 1.165) is 22.7 Å². The lowest BCUT2D eigenvalue weighted by atomic mass is 10.2. The standard InChI is InChI=1S/C13H13N3O/c1-10-3-4-13(17-2)12(9-10)16-8-6-11(15-16)5-7-14/h3-4,6,8-9H,5H2,1-2H3. The highest BCUT2D eigenvalue weighted by Gasteiger charge is 2.07. The molecule has 2 aromatic rings. The predicted molar refractivity (Wildman–Crippen MR) is 64.2 cm³/mol. The highest BCUT2D eigenvalue weighted by atomic mass is 16.5. The van der Waals surface area contributed by atoms with E-state index in [9.17, 15) is 0 Å². The molecule has 0 saturated carbocycles. The fraction of sp³-hybridized carbons (Fsp3) is 0.231. The van der Waals surface area contributed by atoms with Crippen LogP contribution in [0.15, 0.2) is 30.5 Å². The lowest BCUT2D eigenvalue weighted by Crippen LogP contribution is -2.00. The Bertz CT molecular complexity index is 566. The van der Waals surface area contributed by atoms with Crippen molar-refractivity contribution >= 4 is 0 Å². The van der Waals surface area contributed by atoms with Crippen molar-refractivity contribution < 1.29 is 4.74 Å². The van der Waals surface area contributed by atoms with Crippen molar-refractivity contribution in [2.45, 2.75) is 13.3 Å². The molecule has 0 unspecified atom stereocenters. The van der Waals surface area contributed by atoms with Crippen LogP contribution in [0.3, 0.4) is 0 Å². The van der Waals surface area contributed by atoms with Crippen LogP contribution >= 0.6 is 0 Å². The monoisotopic (exact) mass is 227 g/mol. The lowest BCUT2D eigenvalue weighted by molar-refractivity contribution is 0.411. The van der Waals surface area contributed by atoms with Gasteiger partial charge in [-0.3, -0.25) is 0 Å². The molecule has 0 aliphatic carbocycles. The molecule has 4 heteroatoms. The number of ether oxygens (including phenoxy) is 1. The molecule has 0 spiro atoms. The first kappa shape index (κ1) is 11.2. The summed E-state index contributed by atoms with van der Waals surface area (Å²) < 4.78 is 7.03. The van der Waals surface area contributed by atoms with Crippen molar-refractivity contribution in [2.24, 2.45) is 0 Å². The Kier molecular flexibility index (Phi) is 3.10. The minimum atomic E-state index is 0.321. The van der Waals surface area contributed by atoms with Crippen LogP contribution in [0.2, 0.25) is 0 Å². The zero-order valence-corrected chi connectivity index (χ0v) is 9.84. The van der Waals surface area contributed by atoms with Crippen LogP contribution in [0.5, 0.6) is 5.75 Å². The van der Waals surface area contributed by atoms with Crippen molar-refractivity contribution in [3.05, 3.63) is 41.7 Å². The second-order valence-corrected chi connectivity index (χ2v) is 3.76. The van der Waals surface area contributed by atoms with Gasteiger partial charge in [0.2, 0.25) is 0 Å². The number of benzene rings is 1. The first-order valence-electron chi connectivity index (χ1n) is 5.31. The van der Waals surface area contributed by atoms with Gasteiger partial charge in [-0.05, 0) is 30.7 Å². The van der Waals surface area contributed by atoms with E-state index in [2.05, 4.69) is 11.2 Å². The Balaban J connectivity index is 2.44. The molecule has 2 rings (SSSR count). The normalized spacial score (nSPS) is 9.94. The molecular weight excluding hydrogens is 214 g/mol. The lowest BCUT2D eigenvalue weighted by Gasteiger charge is -2.09. The second-order valence-electron chi connectivity index (χ2n) is 3.76. The molecule has 0 aliphatic heterocycles. The average molecular weight is 227 g/mol. The Hall–Kier alpha value is -2.28. The van der Waals surface area contributed by atoms with Gasteiger partial charge >= 0.3 is 0 Å². The predicted octanol–water partition coefficient (Wildman–Crippen LogP) is 2.26. The topological polar surface area (TPSA) is 50.8 Å². The number of methoxy groups -OCH3 is 1. The first-order chi connectivity index (χ1) is 8.24. The number of hydrogen-bond donors (Lipinski definition) is 0. The Morgan fingerprint density at radius 3 is 2.94 bits per heavy atom. The summed E-state index contributed by atoms with van der Waals surface area (Å²) in [6.07, 6.45) is 2.16. The van der Waals surface area contributed by atoms with E-state index in [4.69, 9.17) is 10.00 Å². The summed E-state index contributed by atoms with van der Waals surface area (Å²) in [4.78, 5) is 0. The van der Waals surface area contributed by atoms with Crippen LogP contribution < -0.4 is 4.74 Å². The summed E-state index contributed by atoms with van der Waals surface area (Å²) in [5, 5.41) is 13.0. The van der Waals surface area contributed by atoms with E-state index in [1.165, 1.54) is 0 Å². The summed E-state index contributed by atoms with van der Waals surface area (Å²) in [7, 11) is 1.63. The van der Waals surface area contributed by atoms with Gasteiger partial charge in [-0.15, -0.1) is 0 Å². The van der Waals surface area contributed by atoms with Crippen molar-refractivity contribution in [3.63, 3.8) is 0 Å². The van der Waals surface area contributed by atoms with Crippen molar-refractivity contribution in [2.75, 3.05) is 7.11 Å². The van der Waals surface area contributed by atoms with Gasteiger partial charge < -0.3 is 4.74 Å². The molecule has 0 aliphatic rings. The van der Waals surface area contributed by atoms with Gasteiger partial charge in [-0.2, -0.15) is 10.4 Å². The van der Waals surface area contributed by atoms with Crippen LogP contribution in [0.25, 0.3) is 5.69 Å². The maximum atomic E-state index is 8.62. The van der Waals surface area contributed by atoms with E-state index in [1.54, 1.807) is 11.8 Å². The van der Waals surface area contributed by atoms with Crippen LogP contribution in [-0.2, 0) is 6.42 Å². The first-order valence-corrected chi connectivity index (χ1v) is 5.31. The maximum absolute atomic E-state index is 8.62. The number of nitriles is 1. The van der Waals surface area contributed by atoms with Gasteiger partial charge in [-0.25, -0.2) is 4.68 Å². The van der Waals surface area contributed by atoms with Crippen LogP contribution in [-0.4, -0.2) is 16.9 Å². The SMILES string of the molecule is COc1ccc(C)cc1-n1ccc(CC#N)n1. The number of hydrogen-bond acceptors (Lipinski definition) is 3. The zero-order valence-electron chi connectivity index (χ0n) is 9.84. The molecule has 86 valence electrons. The summed E-state index contributed by atoms with van der Waals surface area (Å²) in [5.74, 6) is 0.766. The van der Waals surface area contributed by atoms with Gasteiger partial charge in [-0.1, -0.05) is 6.07 Å². The maximum Gasteiger partial charge on any atom is 0.144 e. The quantitative estimate of drug-likeness (QED) is 0.808. The molecule has 1 heterocycles. The third-order valence-electron chi connectivity index (χ3n) is 2.49. The third kappa shape index (κ3) is 2.28. The minimum Gasteiger partial charge on any atom is -0.494 e. The average Bonchev–Trinajstić information content (AvgIpc) is 2.78. The summed E-state index contributed by atoms with van der Waals surface area (Å²) in [6, 6.07) is 9.82. The van der Waals surface area contributed by atoms with Crippen LogP contribution in [0, 0.1) is 18.3 Å². The molecule has 0 fully saturated rings. The second kappa shape index (κ2) is 4.71. The molecule has 0 saturated heterocycles. The molecule has 0 radical (unpaired) electrons. The molecule has 4 nitrogen and oxygen atoms in total. The third-order valence-corrected chi connectivity index (χ3v) is 2.49. The Morgan fingerprint density at radius 1 is 1.41 bits per heavy atom. The van der Waals surface area contributed by atoms with Gasteiger partial charge in [0, 0.05) is 6.20 Å². The largest absolute Gasteiger partial charge is 0.494 e. The highest BCUT2D eigenvalue weighted by molar-refractivity contribution is 5.48. The van der Waals surface area contributed by atoms with E-state index < -0.39 is 0 Å². The molecule has 0 N–H and O–H groups in total. The van der Waals surface area contributed by atoms with Gasteiger partial charge in [0.25, 0.3) is 0 Å². The number of nitrogens with zero attached hydrogens (tertiary/aromatic N) is 3. The summed E-state index contributed by atoms with van der Waals surface area (Å²) in [6.45, 7) is 2.02. The van der Waals surface area contributed by atoms with Crippen molar-refractivity contribution in [1.29, 1.82) is 5.26 Å². The molecule has 1 aromatic heterocycles. The molecule has 17 heavy (non-hydrogen) atoms. The fourth-order valence-corrected chi connectivity index (χ4v) is 1.65. The number of aryl methyl sites for hydroxylation is 1. The molecular formula is C13H13N3O. The van der Waals surface area contributed by atoms with Crippen LogP contribution in [0.4, 0.5) is 0 Å². The smallest absolute Gasteiger partial charge is 0.144 e. The Morgan fingerprint density at radius 2 is 2.24 bits per heavy atom. The molecule has 0 amide bonds. The molecule has 0 atom stereocenters. The van der Waals surface area contributed by atoms with Gasteiger partial charge in [0.05, 0.1) is 25.3 Å². The number of rotatable bonds is 3. The molecule has 1 aromatic carbocycles. The molecule has 0 bridgehead atoms. The van der Waals surface area contributed by atoms with Crippen LogP contribution in [0.1, 0.15) is 11.3 Å². The highest BCUT2D eigenvalue weighted by Crippen LogP contribution is 2.23. The minimum absolute atomic E-state index is 0.321. The van der Waals surface area contributed by atoms with Gasteiger partial charge in [0.15, 0.2) is 0 Å². The van der Waals surface area contributed by atoms with Gasteiger partial charge in [0.1, 0.15) is 11.4 Å². The fourth-order valence-electron chi connectivity index (χ4n) is 1.65. The van der Waals surface area contributed by atoms with E-state index >= 15 is 0 Å². The van der Waals surface area contributed by atoms with E-state index in [0.29, 0.717) is 6.42 Å². The van der Waals surface area contributed by atoms with E-state index in [1.807, 2.05) is 37.4 Å². The number of aromatic nitrogens is 2. The van der Waals surface area contributed by atoms with E-state index in [-0.39, 0.29) is 0 Å². The summed E-state index contributed by atoms with van der Waals surface area (Å²) >= 11 is 0. The zero-order chi connectivity index (χ0) is 12.3. The van der Waals surface area contributed by atoms with Crippen molar-refractivity contribution in [1.82, 2.24) is 9.78 Å². The Labute approximate surface area is 100 Å². The summed E-state index contributed by atoms with van der Waals surface area (Å²) in [5.41, 5.74) is 2.78.